The highest BCUT2D eigenvalue weighted by molar-refractivity contribution is 5.96. The second-order valence-electron chi connectivity index (χ2n) is 19.3. The SMILES string of the molecule is CCCCCC(=O)O[C@@H](C(=O)O[C@H]1C[C@@]2(O)C(OC(=O)c3ccccc3)C3[C@](C)(C(=O)[C@H](OC(C)=O)C(=C1C)C2(C)C)[C@@H](O)C[C@H]1OC[C@@]31OC(C)=O)[C@@H](NC(=O)c1ccccc1)c1ccccc1. The van der Waals surface area contributed by atoms with Crippen LogP contribution in [0, 0.1) is 16.7 Å². The third-order valence-electron chi connectivity index (χ3n) is 14.7. The van der Waals surface area contributed by atoms with E-state index in [0.717, 1.165) is 20.3 Å². The Morgan fingerprint density at radius 3 is 2.00 bits per heavy atom. The average Bonchev–Trinajstić information content (AvgIpc) is 3.31. The Hall–Kier alpha value is -6.23. The predicted molar refractivity (Wildman–Crippen MR) is 246 cm³/mol. The Kier molecular flexibility index (Phi) is 14.7. The fourth-order valence-corrected chi connectivity index (χ4v) is 11.0. The molecule has 3 aromatic rings. The maximum absolute atomic E-state index is 15.7. The van der Waals surface area contributed by atoms with Crippen molar-refractivity contribution in [3.8, 4) is 0 Å². The molecule has 1 amide bonds. The van der Waals surface area contributed by atoms with Crippen LogP contribution in [0.3, 0.4) is 0 Å². The van der Waals surface area contributed by atoms with E-state index < -0.39 is 119 Å². The maximum Gasteiger partial charge on any atom is 0.350 e. The van der Waals surface area contributed by atoms with Gasteiger partial charge >= 0.3 is 29.8 Å². The number of aliphatic hydroxyl groups is 2. The van der Waals surface area contributed by atoms with Gasteiger partial charge < -0.3 is 44.0 Å². The number of ketones is 1. The summed E-state index contributed by atoms with van der Waals surface area (Å²) in [5, 5.41) is 29.0. The number of carbonyl (C=O) groups is 7. The van der Waals surface area contributed by atoms with Gasteiger partial charge in [0.1, 0.15) is 30.0 Å². The number of aliphatic hydroxyl groups excluding tert-OH is 1. The lowest BCUT2D eigenvalue weighted by Gasteiger charge is -2.67. The van der Waals surface area contributed by atoms with Gasteiger partial charge in [-0.05, 0) is 61.2 Å². The highest BCUT2D eigenvalue weighted by Gasteiger charge is 2.78. The molecule has 2 saturated carbocycles. The van der Waals surface area contributed by atoms with Crippen LogP contribution < -0.4 is 5.32 Å². The van der Waals surface area contributed by atoms with Crippen LogP contribution in [0.1, 0.15) is 119 Å². The molecule has 11 atom stereocenters. The molecule has 1 aliphatic heterocycles. The first kappa shape index (κ1) is 50.6. The predicted octanol–water partition coefficient (Wildman–Crippen LogP) is 5.87. The average molecular weight is 952 g/mol. The molecule has 7 rings (SSSR count). The number of nitrogens with one attached hydrogen (secondary N) is 1. The minimum absolute atomic E-state index is 0.0134. The van der Waals surface area contributed by atoms with Crippen LogP contribution in [0.2, 0.25) is 0 Å². The number of hydrogen-bond acceptors (Lipinski definition) is 15. The number of benzene rings is 3. The number of fused-ring (bicyclic) bond motifs is 5. The number of unbranched alkanes of at least 4 members (excludes halogenated alkanes) is 2. The topological polar surface area (TPSA) is 227 Å². The van der Waals surface area contributed by atoms with Crippen LogP contribution in [0.4, 0.5) is 0 Å². The normalized spacial score (nSPS) is 29.7. The van der Waals surface area contributed by atoms with E-state index in [2.05, 4.69) is 5.32 Å². The van der Waals surface area contributed by atoms with Crippen molar-refractivity contribution in [1.82, 2.24) is 5.32 Å². The molecule has 3 fully saturated rings. The fraction of sp³-hybridized carbons (Fsp3) is 0.491. The molecule has 69 heavy (non-hydrogen) atoms. The molecule has 368 valence electrons. The first-order chi connectivity index (χ1) is 32.7. The Labute approximate surface area is 401 Å². The van der Waals surface area contributed by atoms with Gasteiger partial charge in [0.15, 0.2) is 17.5 Å². The highest BCUT2D eigenvalue weighted by atomic mass is 16.6. The molecule has 3 aromatic carbocycles. The van der Waals surface area contributed by atoms with E-state index >= 15 is 9.59 Å². The highest BCUT2D eigenvalue weighted by Crippen LogP contribution is 2.64. The molecule has 2 bridgehead atoms. The molecule has 3 N–H and O–H groups in total. The van der Waals surface area contributed by atoms with Gasteiger partial charge in [0.05, 0.1) is 29.6 Å². The number of esters is 5. The number of amides is 1. The van der Waals surface area contributed by atoms with Gasteiger partial charge in [-0.25, -0.2) is 9.59 Å². The van der Waals surface area contributed by atoms with E-state index in [0.29, 0.717) is 18.4 Å². The zero-order valence-corrected chi connectivity index (χ0v) is 39.9. The van der Waals surface area contributed by atoms with Crippen molar-refractivity contribution in [1.29, 1.82) is 0 Å². The molecule has 1 saturated heterocycles. The van der Waals surface area contributed by atoms with E-state index in [1.807, 2.05) is 6.92 Å². The first-order valence-electron chi connectivity index (χ1n) is 23.4. The second kappa shape index (κ2) is 20.0. The van der Waals surface area contributed by atoms with Crippen LogP contribution >= 0.6 is 0 Å². The van der Waals surface area contributed by atoms with E-state index in [-0.39, 0.29) is 41.7 Å². The van der Waals surface area contributed by atoms with Gasteiger partial charge in [-0.2, -0.15) is 0 Å². The number of Topliss-reactive ketones (excluding diaryl/α,β-unsaturated/α-hetero) is 1. The van der Waals surface area contributed by atoms with Crippen LogP contribution in [-0.2, 0) is 52.4 Å². The lowest BCUT2D eigenvalue weighted by Crippen LogP contribution is -2.82. The van der Waals surface area contributed by atoms with Crippen molar-refractivity contribution in [2.45, 2.75) is 141 Å². The van der Waals surface area contributed by atoms with E-state index in [9.17, 15) is 34.2 Å². The Balaban J connectivity index is 1.42. The smallest absolute Gasteiger partial charge is 0.350 e. The number of hydrogen-bond donors (Lipinski definition) is 3. The standard InChI is InChI=1S/C53H61NO15/c1-8-9-13-26-39(58)67-43(41(33-20-14-10-15-21-33)54-47(60)34-22-16-11-17-23-34)49(62)66-36-28-53(63)46(68-48(61)35-24-18-12-19-25-35)44-51(7,37(57)27-38-52(44,29-64-38)69-32(4)56)45(59)42(65-31(3)55)40(30(36)2)50(53,5)6/h10-12,14-25,36-38,41-44,46,57,63H,8-9,13,26-29H2,1-7H3,(H,54,60)/t36-,37-,38+,41-,42+,43+,44?,46?,51+,52-,53+/m0/s1. The van der Waals surface area contributed by atoms with Crippen molar-refractivity contribution in [3.05, 3.63) is 119 Å². The Morgan fingerprint density at radius 2 is 1.43 bits per heavy atom. The van der Waals surface area contributed by atoms with E-state index in [1.165, 1.54) is 26.0 Å². The van der Waals surface area contributed by atoms with E-state index in [1.54, 1.807) is 92.7 Å². The largest absolute Gasteiger partial charge is 0.455 e. The van der Waals surface area contributed by atoms with Crippen LogP contribution in [0.25, 0.3) is 0 Å². The molecule has 16 heteroatoms. The van der Waals surface area contributed by atoms with Gasteiger partial charge in [0.2, 0.25) is 6.10 Å². The Bertz CT molecular complexity index is 2470. The van der Waals surface area contributed by atoms with Crippen molar-refractivity contribution >= 4 is 41.5 Å². The summed E-state index contributed by atoms with van der Waals surface area (Å²) in [4.78, 5) is 99.1. The second-order valence-corrected chi connectivity index (χ2v) is 19.3. The molecule has 0 aromatic heterocycles. The Morgan fingerprint density at radius 1 is 0.826 bits per heavy atom. The molecule has 0 radical (unpaired) electrons. The zero-order chi connectivity index (χ0) is 50.1. The minimum Gasteiger partial charge on any atom is -0.455 e. The monoisotopic (exact) mass is 951 g/mol. The van der Waals surface area contributed by atoms with Crippen LogP contribution in [0.15, 0.2) is 102 Å². The quantitative estimate of drug-likeness (QED) is 0.0701. The van der Waals surface area contributed by atoms with Gasteiger partial charge in [-0.1, -0.05) is 100 Å². The summed E-state index contributed by atoms with van der Waals surface area (Å²) in [7, 11) is 0. The summed E-state index contributed by atoms with van der Waals surface area (Å²) in [5.41, 5.74) is -7.17. The molecular weight excluding hydrogens is 891 g/mol. The number of ether oxygens (including phenoxy) is 6. The zero-order valence-electron chi connectivity index (χ0n) is 39.9. The molecule has 0 spiro atoms. The van der Waals surface area contributed by atoms with Gasteiger partial charge in [0.25, 0.3) is 5.91 Å². The first-order valence-corrected chi connectivity index (χ1v) is 23.4. The molecular formula is C53H61NO15. The lowest BCUT2D eigenvalue weighted by atomic mass is 9.44. The summed E-state index contributed by atoms with van der Waals surface area (Å²) in [6.07, 6.45) is -8.62. The minimum atomic E-state index is -2.43. The number of carbonyl (C=O) groups excluding carboxylic acids is 7. The maximum atomic E-state index is 15.7. The third kappa shape index (κ3) is 9.33. The summed E-state index contributed by atoms with van der Waals surface area (Å²) in [5.74, 6) is -7.58. The number of rotatable bonds is 15. The fourth-order valence-electron chi connectivity index (χ4n) is 11.0. The molecule has 1 heterocycles. The van der Waals surface area contributed by atoms with Crippen molar-refractivity contribution in [2.24, 2.45) is 16.7 Å². The summed E-state index contributed by atoms with van der Waals surface area (Å²) >= 11 is 0. The molecule has 16 nitrogen and oxygen atoms in total. The van der Waals surface area contributed by atoms with Crippen molar-refractivity contribution in [2.75, 3.05) is 6.61 Å². The molecule has 4 aliphatic rings. The van der Waals surface area contributed by atoms with Crippen LogP contribution in [0.5, 0.6) is 0 Å². The van der Waals surface area contributed by atoms with Crippen LogP contribution in [-0.4, -0.2) is 106 Å². The van der Waals surface area contributed by atoms with Gasteiger partial charge in [0, 0.05) is 44.1 Å². The molecule has 2 unspecified atom stereocenters. The van der Waals surface area contributed by atoms with Crippen molar-refractivity contribution < 1.29 is 72.2 Å². The third-order valence-corrected chi connectivity index (χ3v) is 14.7. The molecule has 3 aliphatic carbocycles. The van der Waals surface area contributed by atoms with Gasteiger partial charge in [-0.3, -0.25) is 24.0 Å². The summed E-state index contributed by atoms with van der Waals surface area (Å²) in [6, 6.07) is 23.1. The van der Waals surface area contributed by atoms with Crippen molar-refractivity contribution in [3.63, 3.8) is 0 Å². The lowest BCUT2D eigenvalue weighted by molar-refractivity contribution is -0.346. The summed E-state index contributed by atoms with van der Waals surface area (Å²) < 4.78 is 36.8. The van der Waals surface area contributed by atoms with E-state index in [4.69, 9.17) is 28.4 Å². The van der Waals surface area contributed by atoms with Gasteiger partial charge in [-0.15, -0.1) is 0 Å². The summed E-state index contributed by atoms with van der Waals surface area (Å²) in [6.45, 7) is 9.96.